The lowest BCUT2D eigenvalue weighted by atomic mass is 9.96. The highest BCUT2D eigenvalue weighted by Crippen LogP contribution is 2.31. The van der Waals surface area contributed by atoms with E-state index in [9.17, 15) is 14.0 Å². The van der Waals surface area contributed by atoms with Gasteiger partial charge in [0.15, 0.2) is 8.38 Å². The molecule has 232 valence electrons. The fourth-order valence-corrected chi connectivity index (χ4v) is 4.97. The normalized spacial score (nSPS) is 12.2. The van der Waals surface area contributed by atoms with Crippen molar-refractivity contribution in [1.29, 1.82) is 0 Å². The van der Waals surface area contributed by atoms with E-state index in [0.717, 1.165) is 17.3 Å². The van der Waals surface area contributed by atoms with E-state index in [-0.39, 0.29) is 30.7 Å². The first-order valence-electron chi connectivity index (χ1n) is 14.1. The van der Waals surface area contributed by atoms with Gasteiger partial charge in [0.2, 0.25) is 5.88 Å². The summed E-state index contributed by atoms with van der Waals surface area (Å²) in [6.45, 7) is 10.5. The summed E-state index contributed by atoms with van der Waals surface area (Å²) in [6.07, 6.45) is 1.47. The molecule has 1 unspecified atom stereocenters. The second-order valence-corrected chi connectivity index (χ2v) is 12.0. The molecule has 0 bridgehead atoms. The number of ether oxygens (including phenoxy) is 3. The summed E-state index contributed by atoms with van der Waals surface area (Å²) in [4.78, 5) is 49.7. The summed E-state index contributed by atoms with van der Waals surface area (Å²) < 4.78 is 31.0. The highest BCUT2D eigenvalue weighted by molar-refractivity contribution is 7.45. The third-order valence-corrected chi connectivity index (χ3v) is 7.52. The lowest BCUT2D eigenvalue weighted by molar-refractivity contribution is -0.147. The Kier molecular flexibility index (Phi) is 12.6. The number of hydrogen-bond donors (Lipinski definition) is 2. The second kappa shape index (κ2) is 15.9. The monoisotopic (exact) mass is 614 g/mol. The number of nitrogens with zero attached hydrogens (tertiary/aromatic N) is 2. The Labute approximate surface area is 253 Å². The quantitative estimate of drug-likeness (QED) is 0.133. The maximum Gasteiger partial charge on any atom is 0.343 e. The highest BCUT2D eigenvalue weighted by Gasteiger charge is 2.21. The maximum atomic E-state index is 15.0. The minimum atomic E-state index is -2.11. The first-order chi connectivity index (χ1) is 20.4. The second-order valence-electron chi connectivity index (χ2n) is 10.8. The van der Waals surface area contributed by atoms with Gasteiger partial charge in [-0.25, -0.2) is 14.2 Å². The van der Waals surface area contributed by atoms with Crippen LogP contribution in [0, 0.1) is 11.7 Å². The van der Waals surface area contributed by atoms with Gasteiger partial charge in [-0.2, -0.15) is 0 Å². The summed E-state index contributed by atoms with van der Waals surface area (Å²) >= 11 is 0. The van der Waals surface area contributed by atoms with Gasteiger partial charge in [-0.15, -0.1) is 0 Å². The van der Waals surface area contributed by atoms with Gasteiger partial charge in [0.1, 0.15) is 11.6 Å². The van der Waals surface area contributed by atoms with E-state index in [1.54, 1.807) is 49.4 Å². The van der Waals surface area contributed by atoms with Crippen LogP contribution in [-0.4, -0.2) is 63.6 Å². The molecular formula is C32H40FN2O7P. The SMILES string of the molecule is COc1cc(-c2ccc(C(=O)Oc3cccc(CC(C)C(=O)OCCP(O)O)c3)cc2CN(C(C)C)C(C)C)c(F)cn1. The number of carbonyl (C=O) groups is 2. The topological polar surface area (TPSA) is 118 Å². The van der Waals surface area contributed by atoms with Gasteiger partial charge in [0, 0.05) is 30.3 Å². The average Bonchev–Trinajstić information content (AvgIpc) is 2.95. The Morgan fingerprint density at radius 3 is 2.37 bits per heavy atom. The van der Waals surface area contributed by atoms with Crippen molar-refractivity contribution in [2.45, 2.75) is 59.7 Å². The van der Waals surface area contributed by atoms with Crippen LogP contribution >= 0.6 is 8.38 Å². The van der Waals surface area contributed by atoms with Gasteiger partial charge < -0.3 is 24.0 Å². The summed E-state index contributed by atoms with van der Waals surface area (Å²) in [7, 11) is -0.645. The molecule has 1 aromatic heterocycles. The van der Waals surface area contributed by atoms with Crippen molar-refractivity contribution in [3.63, 3.8) is 0 Å². The van der Waals surface area contributed by atoms with Crippen LogP contribution in [0.15, 0.2) is 54.7 Å². The molecule has 0 fully saturated rings. The molecule has 0 saturated carbocycles. The zero-order valence-corrected chi connectivity index (χ0v) is 26.3. The number of esters is 2. The Balaban J connectivity index is 1.85. The lowest BCUT2D eigenvalue weighted by Gasteiger charge is -2.31. The number of carbonyl (C=O) groups excluding carboxylic acids is 2. The maximum absolute atomic E-state index is 15.0. The predicted molar refractivity (Wildman–Crippen MR) is 163 cm³/mol. The molecule has 2 aromatic carbocycles. The van der Waals surface area contributed by atoms with E-state index < -0.39 is 32.0 Å². The van der Waals surface area contributed by atoms with Crippen LogP contribution in [-0.2, 0) is 22.5 Å². The number of aromatic nitrogens is 1. The highest BCUT2D eigenvalue weighted by atomic mass is 31.2. The molecule has 2 N–H and O–H groups in total. The minimum Gasteiger partial charge on any atom is -0.481 e. The van der Waals surface area contributed by atoms with Crippen LogP contribution in [0.1, 0.15) is 56.1 Å². The smallest absolute Gasteiger partial charge is 0.343 e. The molecule has 0 saturated heterocycles. The number of methoxy groups -OCH3 is 1. The summed E-state index contributed by atoms with van der Waals surface area (Å²) in [5.41, 5.74) is 2.77. The van der Waals surface area contributed by atoms with Gasteiger partial charge in [0.25, 0.3) is 0 Å². The third kappa shape index (κ3) is 9.79. The fourth-order valence-electron chi connectivity index (χ4n) is 4.72. The molecule has 0 spiro atoms. The van der Waals surface area contributed by atoms with Gasteiger partial charge in [-0.3, -0.25) is 9.69 Å². The molecule has 3 rings (SSSR count). The standard InChI is InChI=1S/C32H40FN2O7P/c1-20(2)35(21(3)4)19-25-16-24(10-11-27(25)28-17-30(40-6)34-18-29(28)33)32(37)42-26-9-7-8-23(15-26)14-22(5)31(36)41-12-13-43(38)39/h7-11,15-18,20-22,38-39H,12-14,19H2,1-6H3. The van der Waals surface area contributed by atoms with E-state index in [2.05, 4.69) is 37.6 Å². The predicted octanol–water partition coefficient (Wildman–Crippen LogP) is 5.75. The lowest BCUT2D eigenvalue weighted by Crippen LogP contribution is -2.36. The molecule has 43 heavy (non-hydrogen) atoms. The zero-order chi connectivity index (χ0) is 31.7. The molecule has 0 aliphatic heterocycles. The van der Waals surface area contributed by atoms with Crippen molar-refractivity contribution in [1.82, 2.24) is 9.88 Å². The number of benzene rings is 2. The number of pyridine rings is 1. The average molecular weight is 615 g/mol. The van der Waals surface area contributed by atoms with Gasteiger partial charge in [-0.05, 0) is 75.1 Å². The third-order valence-electron chi connectivity index (χ3n) is 6.94. The first kappa shape index (κ1) is 34.1. The number of hydrogen-bond acceptors (Lipinski definition) is 9. The van der Waals surface area contributed by atoms with E-state index in [1.165, 1.54) is 7.11 Å². The van der Waals surface area contributed by atoms with Crippen LogP contribution in [0.25, 0.3) is 11.1 Å². The molecule has 9 nitrogen and oxygen atoms in total. The molecule has 0 aliphatic rings. The van der Waals surface area contributed by atoms with Crippen LogP contribution in [0.2, 0.25) is 0 Å². The fraction of sp³-hybridized carbons (Fsp3) is 0.406. The molecular weight excluding hydrogens is 574 g/mol. The Morgan fingerprint density at radius 1 is 1.00 bits per heavy atom. The van der Waals surface area contributed by atoms with Crippen LogP contribution in [0.3, 0.4) is 0 Å². The van der Waals surface area contributed by atoms with Crippen LogP contribution < -0.4 is 9.47 Å². The number of rotatable bonds is 14. The summed E-state index contributed by atoms with van der Waals surface area (Å²) in [5, 5.41) is 0. The van der Waals surface area contributed by atoms with Crippen molar-refractivity contribution < 1.29 is 38.0 Å². The molecule has 0 radical (unpaired) electrons. The van der Waals surface area contributed by atoms with E-state index in [1.807, 2.05) is 6.07 Å². The molecule has 3 aromatic rings. The van der Waals surface area contributed by atoms with E-state index in [0.29, 0.717) is 35.4 Å². The minimum absolute atomic E-state index is 0.000580. The van der Waals surface area contributed by atoms with Crippen molar-refractivity contribution in [2.24, 2.45) is 5.92 Å². The summed E-state index contributed by atoms with van der Waals surface area (Å²) in [6, 6.07) is 13.9. The molecule has 0 aliphatic carbocycles. The largest absolute Gasteiger partial charge is 0.481 e. The summed E-state index contributed by atoms with van der Waals surface area (Å²) in [5.74, 6) is -1.41. The Bertz CT molecular complexity index is 1390. The first-order valence-corrected chi connectivity index (χ1v) is 15.5. The molecule has 1 heterocycles. The van der Waals surface area contributed by atoms with E-state index >= 15 is 0 Å². The van der Waals surface area contributed by atoms with Gasteiger partial charge in [0.05, 0.1) is 37.6 Å². The molecule has 0 amide bonds. The molecule has 11 heteroatoms. The van der Waals surface area contributed by atoms with Crippen molar-refractivity contribution >= 4 is 20.3 Å². The Hall–Kier alpha value is -3.43. The van der Waals surface area contributed by atoms with Crippen LogP contribution in [0.5, 0.6) is 11.6 Å². The van der Waals surface area contributed by atoms with Gasteiger partial charge >= 0.3 is 11.9 Å². The van der Waals surface area contributed by atoms with E-state index in [4.69, 9.17) is 24.0 Å². The number of halogens is 1. The van der Waals surface area contributed by atoms with Crippen molar-refractivity contribution in [3.05, 3.63) is 77.2 Å². The van der Waals surface area contributed by atoms with Crippen LogP contribution in [0.4, 0.5) is 4.39 Å². The van der Waals surface area contributed by atoms with Crippen molar-refractivity contribution in [2.75, 3.05) is 19.9 Å². The van der Waals surface area contributed by atoms with Crippen molar-refractivity contribution in [3.8, 4) is 22.8 Å². The molecule has 1 atom stereocenters. The Morgan fingerprint density at radius 2 is 1.72 bits per heavy atom. The van der Waals surface area contributed by atoms with Gasteiger partial charge in [-0.1, -0.05) is 25.1 Å². The zero-order valence-electron chi connectivity index (χ0n) is 25.4.